The van der Waals surface area contributed by atoms with Crippen LogP contribution in [0.25, 0.3) is 0 Å². The lowest BCUT2D eigenvalue weighted by atomic mass is 9.70. The van der Waals surface area contributed by atoms with E-state index in [1.807, 2.05) is 13.8 Å². The number of fused-ring (bicyclic) bond motifs is 1. The maximum absolute atomic E-state index is 15.0. The molecule has 12 heteroatoms. The highest BCUT2D eigenvalue weighted by Crippen LogP contribution is 2.34. The summed E-state index contributed by atoms with van der Waals surface area (Å²) in [4.78, 5) is 51.0. The molecule has 0 aliphatic carbocycles. The van der Waals surface area contributed by atoms with E-state index in [9.17, 15) is 28.0 Å². The maximum Gasteiger partial charge on any atom is 0.349 e. The maximum atomic E-state index is 15.0. The molecular formula is C27H30BF2N3O6. The van der Waals surface area contributed by atoms with Crippen LogP contribution in [0.2, 0.25) is 0 Å². The zero-order chi connectivity index (χ0) is 28.4. The molecule has 0 aromatic heterocycles. The molecule has 2 aliphatic heterocycles. The van der Waals surface area contributed by atoms with Crippen molar-refractivity contribution in [1.82, 2.24) is 15.5 Å². The number of imide groups is 1. The van der Waals surface area contributed by atoms with Crippen LogP contribution in [-0.4, -0.2) is 61.1 Å². The van der Waals surface area contributed by atoms with Gasteiger partial charge >= 0.3 is 5.92 Å². The van der Waals surface area contributed by atoms with E-state index in [1.165, 1.54) is 17.0 Å². The van der Waals surface area contributed by atoms with Gasteiger partial charge in [-0.1, -0.05) is 24.3 Å². The van der Waals surface area contributed by atoms with E-state index in [2.05, 4.69) is 10.6 Å². The van der Waals surface area contributed by atoms with Crippen molar-refractivity contribution in [3.63, 3.8) is 0 Å². The molecule has 0 radical (unpaired) electrons. The van der Waals surface area contributed by atoms with Gasteiger partial charge in [0.2, 0.25) is 11.8 Å². The third-order valence-electron chi connectivity index (χ3n) is 6.89. The second-order valence-corrected chi connectivity index (χ2v) is 10.1. The van der Waals surface area contributed by atoms with E-state index in [0.29, 0.717) is 23.3 Å². The number of piperidine rings is 1. The Balaban J connectivity index is 1.39. The fraction of sp³-hybridized carbons (Fsp3) is 0.407. The van der Waals surface area contributed by atoms with Crippen molar-refractivity contribution < 1.29 is 37.4 Å². The summed E-state index contributed by atoms with van der Waals surface area (Å²) in [7, 11) is 1.61. The van der Waals surface area contributed by atoms with Gasteiger partial charge in [-0.2, -0.15) is 8.78 Å². The minimum Gasteiger partial charge on any atom is -0.491 e. The topological polar surface area (TPSA) is 114 Å². The van der Waals surface area contributed by atoms with Crippen LogP contribution in [0.5, 0.6) is 5.75 Å². The van der Waals surface area contributed by atoms with E-state index in [4.69, 9.17) is 9.47 Å². The Labute approximate surface area is 225 Å². The molecule has 2 aliphatic rings. The number of amides is 4. The zero-order valence-corrected chi connectivity index (χ0v) is 22.0. The number of hydrogen-bond donors (Lipinski definition) is 2. The smallest absolute Gasteiger partial charge is 0.349 e. The van der Waals surface area contributed by atoms with Gasteiger partial charge in [0.25, 0.3) is 11.8 Å². The molecule has 2 aromatic rings. The van der Waals surface area contributed by atoms with E-state index in [0.717, 1.165) is 12.1 Å². The number of rotatable bonds is 10. The molecule has 2 aromatic carbocycles. The number of nitrogens with one attached hydrogen (secondary N) is 2. The summed E-state index contributed by atoms with van der Waals surface area (Å²) >= 11 is 0. The third-order valence-corrected chi connectivity index (χ3v) is 6.89. The molecule has 1 fully saturated rings. The van der Waals surface area contributed by atoms with Crippen molar-refractivity contribution in [2.75, 3.05) is 13.2 Å². The highest BCUT2D eigenvalue weighted by atomic mass is 19.3. The summed E-state index contributed by atoms with van der Waals surface area (Å²) in [5.41, 5.74) is -0.175. The number of halogens is 2. The molecule has 0 spiro atoms. The summed E-state index contributed by atoms with van der Waals surface area (Å²) < 4.78 is 40.7. The first-order valence-electron chi connectivity index (χ1n) is 12.7. The minimum atomic E-state index is -3.81. The Morgan fingerprint density at radius 1 is 1.18 bits per heavy atom. The number of alkyl halides is 2. The first kappa shape index (κ1) is 28.2. The van der Waals surface area contributed by atoms with Crippen LogP contribution < -0.4 is 15.4 Å². The lowest BCUT2D eigenvalue weighted by molar-refractivity contribution is -0.147. The Morgan fingerprint density at radius 3 is 2.67 bits per heavy atom. The first-order chi connectivity index (χ1) is 18.4. The van der Waals surface area contributed by atoms with Crippen LogP contribution in [0, 0.1) is 0 Å². The molecule has 1 saturated heterocycles. The summed E-state index contributed by atoms with van der Waals surface area (Å²) in [5.74, 6) is -6.35. The van der Waals surface area contributed by atoms with Crippen molar-refractivity contribution in [2.24, 2.45) is 0 Å². The Kier molecular flexibility index (Phi) is 8.05. The predicted molar refractivity (Wildman–Crippen MR) is 139 cm³/mol. The number of ether oxygens (including phenoxy) is 2. The van der Waals surface area contributed by atoms with Crippen molar-refractivity contribution >= 4 is 31.5 Å². The average Bonchev–Trinajstić information content (AvgIpc) is 3.23. The largest absolute Gasteiger partial charge is 0.491 e. The fourth-order valence-electron chi connectivity index (χ4n) is 4.58. The Morgan fingerprint density at radius 2 is 1.95 bits per heavy atom. The lowest BCUT2D eigenvalue weighted by Crippen LogP contribution is -2.63. The average molecular weight is 541 g/mol. The first-order valence-corrected chi connectivity index (χ1v) is 12.7. The summed E-state index contributed by atoms with van der Waals surface area (Å²) in [5, 5.41) is 4.55. The number of hydrogen-bond acceptors (Lipinski definition) is 6. The van der Waals surface area contributed by atoms with Crippen LogP contribution in [0.4, 0.5) is 8.78 Å². The van der Waals surface area contributed by atoms with Crippen LogP contribution in [0.1, 0.15) is 53.7 Å². The predicted octanol–water partition coefficient (Wildman–Crippen LogP) is 1.62. The minimum absolute atomic E-state index is 0.0201. The summed E-state index contributed by atoms with van der Waals surface area (Å²) in [6, 6.07) is 9.96. The summed E-state index contributed by atoms with van der Waals surface area (Å²) in [6.07, 6.45) is 0.342. The van der Waals surface area contributed by atoms with Gasteiger partial charge in [0.1, 0.15) is 20.2 Å². The Hall–Kier alpha value is -3.80. The second-order valence-electron chi connectivity index (χ2n) is 10.1. The van der Waals surface area contributed by atoms with Crippen LogP contribution in [-0.2, 0) is 38.1 Å². The SMILES string of the molecule is B[C@@]1(N2Cc3cc(CNC(=O)C(F)(F)c4cccc(OCCOC(C)C)c4)ccc3C2=O)CCC(=O)NC1=O. The molecule has 4 amide bonds. The van der Waals surface area contributed by atoms with Crippen molar-refractivity contribution in [1.29, 1.82) is 0 Å². The fourth-order valence-corrected chi connectivity index (χ4v) is 4.58. The van der Waals surface area contributed by atoms with Gasteiger partial charge in [-0.05, 0) is 49.6 Å². The second kappa shape index (κ2) is 11.1. The standard InChI is InChI=1S/C27H30BF2N3O6/c1-16(2)38-10-11-39-20-5-3-4-19(13-20)27(29,30)25(37)31-14-17-6-7-21-18(12-17)15-33(23(21)35)26(28)9-8-22(34)32-24(26)36/h3-7,12-13,16H,8-11,14-15,28H2,1-2H3,(H,31,37)(H,32,34,36)/t26-/m1/s1. The lowest BCUT2D eigenvalue weighted by Gasteiger charge is -2.39. The molecule has 39 heavy (non-hydrogen) atoms. The van der Waals surface area contributed by atoms with Gasteiger partial charge in [-0.15, -0.1) is 0 Å². The molecule has 0 saturated carbocycles. The summed E-state index contributed by atoms with van der Waals surface area (Å²) in [6.45, 7) is 4.16. The number of carbonyl (C=O) groups excluding carboxylic acids is 4. The van der Waals surface area contributed by atoms with Crippen LogP contribution in [0.15, 0.2) is 42.5 Å². The van der Waals surface area contributed by atoms with E-state index in [1.54, 1.807) is 26.0 Å². The van der Waals surface area contributed by atoms with Crippen LogP contribution in [0.3, 0.4) is 0 Å². The van der Waals surface area contributed by atoms with Crippen molar-refractivity contribution in [3.8, 4) is 5.75 Å². The molecule has 9 nitrogen and oxygen atoms in total. The van der Waals surface area contributed by atoms with E-state index in [-0.39, 0.29) is 56.2 Å². The number of benzene rings is 2. The molecule has 0 unspecified atom stereocenters. The molecule has 2 heterocycles. The van der Waals surface area contributed by atoms with Gasteiger partial charge in [-0.25, -0.2) is 0 Å². The highest BCUT2D eigenvalue weighted by Gasteiger charge is 2.48. The normalized spacial score (nSPS) is 19.2. The highest BCUT2D eigenvalue weighted by molar-refractivity contribution is 6.32. The van der Waals surface area contributed by atoms with Gasteiger partial charge in [0.15, 0.2) is 0 Å². The van der Waals surface area contributed by atoms with Gasteiger partial charge in [0, 0.05) is 30.6 Å². The monoisotopic (exact) mass is 541 g/mol. The number of carbonyl (C=O) groups is 4. The van der Waals surface area contributed by atoms with E-state index >= 15 is 0 Å². The molecular weight excluding hydrogens is 511 g/mol. The van der Waals surface area contributed by atoms with Crippen molar-refractivity contribution in [3.05, 3.63) is 64.7 Å². The van der Waals surface area contributed by atoms with Crippen molar-refractivity contribution in [2.45, 2.75) is 57.2 Å². The van der Waals surface area contributed by atoms with Gasteiger partial charge < -0.3 is 19.7 Å². The molecule has 1 atom stereocenters. The quantitative estimate of drug-likeness (QED) is 0.269. The Bertz CT molecular complexity index is 1300. The third kappa shape index (κ3) is 5.95. The van der Waals surface area contributed by atoms with Crippen LogP contribution >= 0.6 is 0 Å². The molecule has 4 rings (SSSR count). The van der Waals surface area contributed by atoms with E-state index < -0.39 is 28.7 Å². The molecule has 0 bridgehead atoms. The number of nitrogens with zero attached hydrogens (tertiary/aromatic N) is 1. The molecule has 206 valence electrons. The van der Waals surface area contributed by atoms with Gasteiger partial charge in [-0.3, -0.25) is 24.5 Å². The zero-order valence-electron chi connectivity index (χ0n) is 22.0. The van der Waals surface area contributed by atoms with Gasteiger partial charge in [0.05, 0.1) is 18.1 Å². The molecule has 2 N–H and O–H groups in total.